The monoisotopic (exact) mass is 273 g/mol. The second-order valence-electron chi connectivity index (χ2n) is 3.47. The van der Waals surface area contributed by atoms with Gasteiger partial charge in [0, 0.05) is 0 Å². The molecular weight excluding hydrogens is 263 g/mol. The molecule has 102 valence electrons. The second-order valence-corrected chi connectivity index (χ2v) is 3.47. The number of ether oxygens (including phenoxy) is 2. The van der Waals surface area contributed by atoms with Gasteiger partial charge < -0.3 is 9.47 Å². The predicted molar refractivity (Wildman–Crippen MR) is 58.2 cm³/mol. The van der Waals surface area contributed by atoms with Crippen molar-refractivity contribution in [2.24, 2.45) is 0 Å². The van der Waals surface area contributed by atoms with Gasteiger partial charge in [-0.15, -0.1) is 13.2 Å². The highest BCUT2D eigenvalue weighted by Crippen LogP contribution is 2.27. The molecule has 0 fully saturated rings. The van der Waals surface area contributed by atoms with Crippen molar-refractivity contribution in [2.75, 3.05) is 6.61 Å². The molecule has 0 saturated heterocycles. The van der Waals surface area contributed by atoms with E-state index in [4.69, 9.17) is 5.26 Å². The first-order chi connectivity index (χ1) is 8.85. The highest BCUT2D eigenvalue weighted by atomic mass is 19.4. The van der Waals surface area contributed by atoms with Gasteiger partial charge in [-0.05, 0) is 24.6 Å². The van der Waals surface area contributed by atoms with Crippen LogP contribution in [0.4, 0.5) is 13.2 Å². The lowest BCUT2D eigenvalue weighted by Gasteiger charge is -2.11. The minimum atomic E-state index is -4.89. The van der Waals surface area contributed by atoms with Gasteiger partial charge in [-0.1, -0.05) is 6.07 Å². The number of esters is 1. The lowest BCUT2D eigenvalue weighted by Crippen LogP contribution is -2.18. The Morgan fingerprint density at radius 2 is 2.11 bits per heavy atom. The summed E-state index contributed by atoms with van der Waals surface area (Å²) < 4.78 is 44.9. The zero-order valence-corrected chi connectivity index (χ0v) is 9.95. The summed E-state index contributed by atoms with van der Waals surface area (Å²) in [5.41, 5.74) is 0.0154. The number of hydrogen-bond acceptors (Lipinski definition) is 4. The van der Waals surface area contributed by atoms with Gasteiger partial charge in [-0.2, -0.15) is 5.26 Å². The van der Waals surface area contributed by atoms with Crippen molar-refractivity contribution in [3.8, 4) is 11.8 Å². The van der Waals surface area contributed by atoms with Crippen molar-refractivity contribution in [2.45, 2.75) is 19.7 Å². The molecule has 1 rings (SSSR count). The zero-order chi connectivity index (χ0) is 14.5. The number of halogens is 3. The van der Waals surface area contributed by atoms with E-state index in [-0.39, 0.29) is 24.2 Å². The Labute approximate surface area is 107 Å². The van der Waals surface area contributed by atoms with E-state index < -0.39 is 18.1 Å². The molecule has 0 atom stereocenters. The Balaban J connectivity index is 2.96. The van der Waals surface area contributed by atoms with Crippen molar-refractivity contribution >= 4 is 5.97 Å². The van der Waals surface area contributed by atoms with E-state index in [1.807, 2.05) is 0 Å². The molecule has 4 nitrogen and oxygen atoms in total. The van der Waals surface area contributed by atoms with E-state index in [0.717, 1.165) is 12.1 Å². The number of carbonyl (C=O) groups excluding carboxylic acids is 1. The molecule has 0 heterocycles. The Kier molecular flexibility index (Phi) is 4.75. The Bertz CT molecular complexity index is 506. The van der Waals surface area contributed by atoms with Crippen LogP contribution in [-0.2, 0) is 16.0 Å². The van der Waals surface area contributed by atoms with Gasteiger partial charge in [0.1, 0.15) is 11.8 Å². The number of benzene rings is 1. The number of alkyl halides is 3. The Morgan fingerprint density at radius 3 is 2.63 bits per heavy atom. The SMILES string of the molecule is CCOC(=O)Cc1ccc(C#N)c(OC(F)(F)F)c1. The first-order valence-electron chi connectivity index (χ1n) is 5.30. The molecule has 1 aromatic rings. The van der Waals surface area contributed by atoms with Crippen LogP contribution in [0.5, 0.6) is 5.75 Å². The van der Waals surface area contributed by atoms with Crippen molar-refractivity contribution in [3.63, 3.8) is 0 Å². The van der Waals surface area contributed by atoms with E-state index >= 15 is 0 Å². The minimum absolute atomic E-state index is 0.182. The minimum Gasteiger partial charge on any atom is -0.466 e. The third-order valence-electron chi connectivity index (χ3n) is 2.05. The van der Waals surface area contributed by atoms with E-state index in [1.165, 1.54) is 6.07 Å². The largest absolute Gasteiger partial charge is 0.573 e. The molecule has 0 bridgehead atoms. The van der Waals surface area contributed by atoms with Crippen LogP contribution in [0, 0.1) is 11.3 Å². The Morgan fingerprint density at radius 1 is 1.42 bits per heavy atom. The molecule has 1 aromatic carbocycles. The zero-order valence-electron chi connectivity index (χ0n) is 9.95. The van der Waals surface area contributed by atoms with Crippen molar-refractivity contribution < 1.29 is 27.4 Å². The maximum absolute atomic E-state index is 12.1. The van der Waals surface area contributed by atoms with Gasteiger partial charge in [0.15, 0.2) is 0 Å². The van der Waals surface area contributed by atoms with Crippen LogP contribution >= 0.6 is 0 Å². The highest BCUT2D eigenvalue weighted by Gasteiger charge is 2.32. The fraction of sp³-hybridized carbons (Fsp3) is 0.333. The number of nitriles is 1. The Hall–Kier alpha value is -2.23. The second kappa shape index (κ2) is 6.09. The average Bonchev–Trinajstić information content (AvgIpc) is 2.27. The summed E-state index contributed by atoms with van der Waals surface area (Å²) in [6.07, 6.45) is -5.08. The quantitative estimate of drug-likeness (QED) is 0.791. The first-order valence-corrected chi connectivity index (χ1v) is 5.30. The van der Waals surface area contributed by atoms with Gasteiger partial charge in [0.2, 0.25) is 0 Å². The molecule has 0 aromatic heterocycles. The van der Waals surface area contributed by atoms with Gasteiger partial charge in [0.25, 0.3) is 0 Å². The number of nitrogens with zero attached hydrogens (tertiary/aromatic N) is 1. The standard InChI is InChI=1S/C12H10F3NO3/c1-2-18-11(17)6-8-3-4-9(7-16)10(5-8)19-12(13,14)15/h3-5H,2,6H2,1H3. The van der Waals surface area contributed by atoms with Crippen LogP contribution < -0.4 is 4.74 Å². The third kappa shape index (κ3) is 4.87. The van der Waals surface area contributed by atoms with Crippen LogP contribution in [0.2, 0.25) is 0 Å². The summed E-state index contributed by atoms with van der Waals surface area (Å²) in [6, 6.07) is 5.12. The molecule has 19 heavy (non-hydrogen) atoms. The lowest BCUT2D eigenvalue weighted by atomic mass is 10.1. The van der Waals surface area contributed by atoms with Crippen LogP contribution in [0.1, 0.15) is 18.1 Å². The smallest absolute Gasteiger partial charge is 0.466 e. The van der Waals surface area contributed by atoms with E-state index in [1.54, 1.807) is 13.0 Å². The van der Waals surface area contributed by atoms with Crippen molar-refractivity contribution in [1.29, 1.82) is 5.26 Å². The fourth-order valence-electron chi connectivity index (χ4n) is 1.36. The maximum atomic E-state index is 12.1. The maximum Gasteiger partial charge on any atom is 0.573 e. The van der Waals surface area contributed by atoms with Crippen LogP contribution in [0.3, 0.4) is 0 Å². The lowest BCUT2D eigenvalue weighted by molar-refractivity contribution is -0.274. The van der Waals surface area contributed by atoms with Gasteiger partial charge in [-0.3, -0.25) is 4.79 Å². The molecule has 0 spiro atoms. The van der Waals surface area contributed by atoms with E-state index in [2.05, 4.69) is 9.47 Å². The predicted octanol–water partition coefficient (Wildman–Crippen LogP) is 2.56. The first kappa shape index (κ1) is 14.8. The van der Waals surface area contributed by atoms with E-state index in [9.17, 15) is 18.0 Å². The summed E-state index contributed by atoms with van der Waals surface area (Å²) >= 11 is 0. The molecule has 7 heteroatoms. The fourth-order valence-corrected chi connectivity index (χ4v) is 1.36. The normalized spacial score (nSPS) is 10.7. The number of carbonyl (C=O) groups is 1. The van der Waals surface area contributed by atoms with Gasteiger partial charge >= 0.3 is 12.3 Å². The highest BCUT2D eigenvalue weighted by molar-refractivity contribution is 5.72. The summed E-state index contributed by atoms with van der Waals surface area (Å²) in [5.74, 6) is -1.19. The van der Waals surface area contributed by atoms with Gasteiger partial charge in [0.05, 0.1) is 18.6 Å². The average molecular weight is 273 g/mol. The summed E-state index contributed by atoms with van der Waals surface area (Å²) in [7, 11) is 0. The molecular formula is C12H10F3NO3. The molecule has 0 aliphatic carbocycles. The van der Waals surface area contributed by atoms with Crippen molar-refractivity contribution in [1.82, 2.24) is 0 Å². The van der Waals surface area contributed by atoms with Crippen LogP contribution in [-0.4, -0.2) is 18.9 Å². The van der Waals surface area contributed by atoms with Crippen LogP contribution in [0.15, 0.2) is 18.2 Å². The molecule has 0 N–H and O–H groups in total. The van der Waals surface area contributed by atoms with E-state index in [0.29, 0.717) is 0 Å². The van der Waals surface area contributed by atoms with Crippen LogP contribution in [0.25, 0.3) is 0 Å². The molecule has 0 aliphatic rings. The molecule has 0 amide bonds. The molecule has 0 radical (unpaired) electrons. The van der Waals surface area contributed by atoms with Crippen molar-refractivity contribution in [3.05, 3.63) is 29.3 Å². The molecule has 0 saturated carbocycles. The summed E-state index contributed by atoms with van der Waals surface area (Å²) in [5, 5.41) is 8.68. The summed E-state index contributed by atoms with van der Waals surface area (Å²) in [6.45, 7) is 1.80. The van der Waals surface area contributed by atoms with Gasteiger partial charge in [-0.25, -0.2) is 0 Å². The number of hydrogen-bond donors (Lipinski definition) is 0. The number of rotatable bonds is 4. The summed E-state index contributed by atoms with van der Waals surface area (Å²) in [4.78, 5) is 11.2. The molecule has 0 aliphatic heterocycles. The third-order valence-corrected chi connectivity index (χ3v) is 2.05. The molecule has 0 unspecified atom stereocenters. The topological polar surface area (TPSA) is 59.3 Å².